The van der Waals surface area contributed by atoms with E-state index in [4.69, 9.17) is 4.74 Å². The van der Waals surface area contributed by atoms with Crippen LogP contribution in [0.1, 0.15) is 35.0 Å². The molecule has 0 fully saturated rings. The number of hydrogen-bond donors (Lipinski definition) is 0. The van der Waals surface area contributed by atoms with Crippen molar-refractivity contribution in [3.05, 3.63) is 59.8 Å². The highest BCUT2D eigenvalue weighted by Gasteiger charge is 2.31. The van der Waals surface area contributed by atoms with Crippen molar-refractivity contribution in [2.45, 2.75) is 25.9 Å². The van der Waals surface area contributed by atoms with E-state index in [1.807, 2.05) is 54.4 Å². The summed E-state index contributed by atoms with van der Waals surface area (Å²) in [5.74, 6) is 0.882. The predicted octanol–water partition coefficient (Wildman–Crippen LogP) is 2.84. The van der Waals surface area contributed by atoms with Crippen LogP contribution >= 0.6 is 0 Å². The van der Waals surface area contributed by atoms with Gasteiger partial charge in [0.25, 0.3) is 5.91 Å². The minimum Gasteiger partial charge on any atom is -0.384 e. The summed E-state index contributed by atoms with van der Waals surface area (Å²) in [5, 5.41) is 1.04. The van der Waals surface area contributed by atoms with Crippen LogP contribution in [0.3, 0.4) is 0 Å². The van der Waals surface area contributed by atoms with Gasteiger partial charge in [0, 0.05) is 43.9 Å². The van der Waals surface area contributed by atoms with Gasteiger partial charge in [0.1, 0.15) is 11.5 Å². The Kier molecular flexibility index (Phi) is 4.42. The molecule has 0 saturated heterocycles. The van der Waals surface area contributed by atoms with E-state index >= 15 is 0 Å². The van der Waals surface area contributed by atoms with Gasteiger partial charge >= 0.3 is 0 Å². The molecule has 1 aliphatic heterocycles. The number of imidazole rings is 1. The molecule has 0 bridgehead atoms. The number of rotatable bonds is 4. The molecule has 0 unspecified atom stereocenters. The van der Waals surface area contributed by atoms with Crippen LogP contribution in [0.25, 0.3) is 10.9 Å². The van der Waals surface area contributed by atoms with E-state index in [-0.39, 0.29) is 11.9 Å². The lowest BCUT2D eigenvalue weighted by Crippen LogP contribution is -2.41. The number of pyridine rings is 1. The maximum atomic E-state index is 13.0. The quantitative estimate of drug-likeness (QED) is 0.726. The van der Waals surface area contributed by atoms with Crippen molar-refractivity contribution < 1.29 is 9.53 Å². The SMILES string of the molecule is COCCc1cnc2n1CCN(C(=O)c1ccc3ccccc3n1)[C@@H]2C. The monoisotopic (exact) mass is 350 g/mol. The predicted molar refractivity (Wildman–Crippen MR) is 99.0 cm³/mol. The van der Waals surface area contributed by atoms with E-state index < -0.39 is 0 Å². The second kappa shape index (κ2) is 6.88. The van der Waals surface area contributed by atoms with Gasteiger partial charge in [-0.1, -0.05) is 24.3 Å². The number of para-hydroxylation sites is 1. The van der Waals surface area contributed by atoms with Gasteiger partial charge in [-0.3, -0.25) is 4.79 Å². The molecule has 1 amide bonds. The molecule has 6 nitrogen and oxygen atoms in total. The van der Waals surface area contributed by atoms with Gasteiger partial charge in [0.2, 0.25) is 0 Å². The zero-order valence-corrected chi connectivity index (χ0v) is 15.1. The van der Waals surface area contributed by atoms with Gasteiger partial charge in [-0.2, -0.15) is 0 Å². The van der Waals surface area contributed by atoms with Crippen LogP contribution in [0.2, 0.25) is 0 Å². The van der Waals surface area contributed by atoms with Crippen LogP contribution in [0.5, 0.6) is 0 Å². The first kappa shape index (κ1) is 16.7. The van der Waals surface area contributed by atoms with Crippen molar-refractivity contribution in [2.75, 3.05) is 20.3 Å². The highest BCUT2D eigenvalue weighted by atomic mass is 16.5. The first-order valence-electron chi connectivity index (χ1n) is 8.89. The maximum Gasteiger partial charge on any atom is 0.273 e. The Morgan fingerprint density at radius 1 is 1.23 bits per heavy atom. The number of aromatic nitrogens is 3. The molecule has 1 aliphatic rings. The molecular formula is C20H22N4O2. The average molecular weight is 350 g/mol. The summed E-state index contributed by atoms with van der Waals surface area (Å²) < 4.78 is 7.38. The van der Waals surface area contributed by atoms with E-state index in [2.05, 4.69) is 14.5 Å². The number of hydrogen-bond acceptors (Lipinski definition) is 4. The van der Waals surface area contributed by atoms with Gasteiger partial charge < -0.3 is 14.2 Å². The number of nitrogens with zero attached hydrogens (tertiary/aromatic N) is 4. The van der Waals surface area contributed by atoms with Crippen molar-refractivity contribution in [1.82, 2.24) is 19.4 Å². The third-order valence-electron chi connectivity index (χ3n) is 5.02. The molecule has 0 N–H and O–H groups in total. The molecule has 1 atom stereocenters. The highest BCUT2D eigenvalue weighted by Crippen LogP contribution is 2.27. The van der Waals surface area contributed by atoms with Gasteiger partial charge in [-0.15, -0.1) is 0 Å². The van der Waals surface area contributed by atoms with Crippen LogP contribution in [0.15, 0.2) is 42.6 Å². The summed E-state index contributed by atoms with van der Waals surface area (Å²) >= 11 is 0. The van der Waals surface area contributed by atoms with Crippen molar-refractivity contribution in [2.24, 2.45) is 0 Å². The standard InChI is InChI=1S/C20H22N4O2/c1-14-19-21-13-16(9-12-26-2)24(19)11-10-23(14)20(25)18-8-7-15-5-3-4-6-17(15)22-18/h3-8,13-14H,9-12H2,1-2H3/t14-/m1/s1. The van der Waals surface area contributed by atoms with Crippen molar-refractivity contribution in [1.29, 1.82) is 0 Å². The second-order valence-corrected chi connectivity index (χ2v) is 6.57. The summed E-state index contributed by atoms with van der Waals surface area (Å²) in [5.41, 5.74) is 2.48. The van der Waals surface area contributed by atoms with Crippen LogP contribution in [-0.4, -0.2) is 45.6 Å². The normalized spacial score (nSPS) is 16.7. The number of ether oxygens (including phenoxy) is 1. The first-order valence-corrected chi connectivity index (χ1v) is 8.89. The number of methoxy groups -OCH3 is 1. The van der Waals surface area contributed by atoms with E-state index in [1.165, 1.54) is 0 Å². The molecule has 0 spiro atoms. The van der Waals surface area contributed by atoms with Crippen molar-refractivity contribution >= 4 is 16.8 Å². The number of carbonyl (C=O) groups is 1. The lowest BCUT2D eigenvalue weighted by Gasteiger charge is -2.34. The van der Waals surface area contributed by atoms with Gasteiger partial charge in [0.15, 0.2) is 0 Å². The van der Waals surface area contributed by atoms with E-state index in [9.17, 15) is 4.79 Å². The Bertz CT molecular complexity index is 950. The zero-order valence-electron chi connectivity index (χ0n) is 15.1. The minimum absolute atomic E-state index is 0.0454. The molecule has 0 saturated carbocycles. The lowest BCUT2D eigenvalue weighted by molar-refractivity contribution is 0.0630. The third kappa shape index (κ3) is 2.86. The Labute approximate surface area is 152 Å². The van der Waals surface area contributed by atoms with Crippen molar-refractivity contribution in [3.63, 3.8) is 0 Å². The Hall–Kier alpha value is -2.73. The molecule has 4 rings (SSSR count). The Balaban J connectivity index is 1.59. The zero-order chi connectivity index (χ0) is 18.1. The molecule has 134 valence electrons. The average Bonchev–Trinajstić information content (AvgIpc) is 3.09. The van der Waals surface area contributed by atoms with Crippen molar-refractivity contribution in [3.8, 4) is 0 Å². The van der Waals surface area contributed by atoms with E-state index in [0.717, 1.165) is 35.4 Å². The summed E-state index contributed by atoms with van der Waals surface area (Å²) in [4.78, 5) is 24.0. The molecule has 0 aliphatic carbocycles. The van der Waals surface area contributed by atoms with Crippen LogP contribution in [-0.2, 0) is 17.7 Å². The molecule has 3 aromatic rings. The molecule has 26 heavy (non-hydrogen) atoms. The second-order valence-electron chi connectivity index (χ2n) is 6.57. The Morgan fingerprint density at radius 3 is 2.92 bits per heavy atom. The van der Waals surface area contributed by atoms with Gasteiger partial charge in [-0.05, 0) is 19.1 Å². The Morgan fingerprint density at radius 2 is 2.08 bits per heavy atom. The van der Waals surface area contributed by atoms with Gasteiger partial charge in [0.05, 0.1) is 18.2 Å². The molecular weight excluding hydrogens is 328 g/mol. The fourth-order valence-corrected chi connectivity index (χ4v) is 3.58. The summed E-state index contributed by atoms with van der Waals surface area (Å²) in [6.45, 7) is 4.09. The molecule has 2 aromatic heterocycles. The van der Waals surface area contributed by atoms with Gasteiger partial charge in [-0.25, -0.2) is 9.97 Å². The first-order chi connectivity index (χ1) is 12.7. The maximum absolute atomic E-state index is 13.0. The largest absolute Gasteiger partial charge is 0.384 e. The summed E-state index contributed by atoms with van der Waals surface area (Å²) in [6.07, 6.45) is 2.73. The molecule has 3 heterocycles. The molecule has 6 heteroatoms. The topological polar surface area (TPSA) is 60.2 Å². The number of benzene rings is 1. The van der Waals surface area contributed by atoms with Crippen LogP contribution in [0.4, 0.5) is 0 Å². The highest BCUT2D eigenvalue weighted by molar-refractivity contribution is 5.95. The third-order valence-corrected chi connectivity index (χ3v) is 5.02. The summed E-state index contributed by atoms with van der Waals surface area (Å²) in [6, 6.07) is 11.5. The minimum atomic E-state index is -0.0826. The number of carbonyl (C=O) groups excluding carboxylic acids is 1. The van der Waals surface area contributed by atoms with E-state index in [0.29, 0.717) is 18.8 Å². The van der Waals surface area contributed by atoms with E-state index in [1.54, 1.807) is 7.11 Å². The fourth-order valence-electron chi connectivity index (χ4n) is 3.58. The smallest absolute Gasteiger partial charge is 0.273 e. The van der Waals surface area contributed by atoms with Crippen LogP contribution < -0.4 is 0 Å². The number of fused-ring (bicyclic) bond motifs is 2. The van der Waals surface area contributed by atoms with Crippen LogP contribution in [0, 0.1) is 0 Å². The number of amides is 1. The lowest BCUT2D eigenvalue weighted by atomic mass is 10.1. The molecule has 0 radical (unpaired) electrons. The summed E-state index contributed by atoms with van der Waals surface area (Å²) in [7, 11) is 1.70. The molecule has 1 aromatic carbocycles. The fraction of sp³-hybridized carbons (Fsp3) is 0.350.